The molecule has 0 aliphatic carbocycles. The molecular formula is C12H9ClN2. The maximum Gasteiger partial charge on any atom is 0.153 e. The van der Waals surface area contributed by atoms with E-state index in [9.17, 15) is 0 Å². The van der Waals surface area contributed by atoms with Gasteiger partial charge in [0.2, 0.25) is 0 Å². The van der Waals surface area contributed by atoms with E-state index in [1.165, 1.54) is 0 Å². The summed E-state index contributed by atoms with van der Waals surface area (Å²) in [6.07, 6.45) is 5.42. The summed E-state index contributed by atoms with van der Waals surface area (Å²) in [5.41, 5.74) is 1.11. The molecule has 2 nitrogen and oxygen atoms in total. The normalized spacial score (nSPS) is 10.7. The molecule has 0 fully saturated rings. The first kappa shape index (κ1) is 9.87. The topological polar surface area (TPSA) is 25.8 Å². The minimum atomic E-state index is 0.456. The van der Waals surface area contributed by atoms with Gasteiger partial charge in [0.25, 0.3) is 0 Å². The number of rotatable bonds is 2. The number of benzene rings is 1. The van der Waals surface area contributed by atoms with Gasteiger partial charge in [-0.1, -0.05) is 48.0 Å². The number of halogens is 1. The van der Waals surface area contributed by atoms with Gasteiger partial charge in [-0.05, 0) is 17.7 Å². The summed E-state index contributed by atoms with van der Waals surface area (Å²) < 4.78 is 0. The third-order valence-electron chi connectivity index (χ3n) is 1.86. The Morgan fingerprint density at radius 3 is 2.53 bits per heavy atom. The van der Waals surface area contributed by atoms with Gasteiger partial charge in [-0.25, -0.2) is 9.97 Å². The van der Waals surface area contributed by atoms with Crippen molar-refractivity contribution in [1.82, 2.24) is 9.97 Å². The van der Waals surface area contributed by atoms with Crippen LogP contribution in [0.1, 0.15) is 11.4 Å². The quantitative estimate of drug-likeness (QED) is 0.720. The standard InChI is InChI=1S/C12H9ClN2/c13-11-8-9-14-12(15-11)7-6-10-4-2-1-3-5-10/h1-9H/b7-6+. The lowest BCUT2D eigenvalue weighted by Crippen LogP contribution is -1.85. The summed E-state index contributed by atoms with van der Waals surface area (Å²) in [6.45, 7) is 0. The third kappa shape index (κ3) is 2.89. The average Bonchev–Trinajstić information content (AvgIpc) is 2.28. The Labute approximate surface area is 93.3 Å². The SMILES string of the molecule is Clc1ccnc(/C=C/c2ccccc2)n1. The van der Waals surface area contributed by atoms with Gasteiger partial charge in [0.15, 0.2) is 5.82 Å². The van der Waals surface area contributed by atoms with E-state index in [2.05, 4.69) is 9.97 Å². The Morgan fingerprint density at radius 2 is 1.80 bits per heavy atom. The van der Waals surface area contributed by atoms with Gasteiger partial charge in [0, 0.05) is 6.20 Å². The molecule has 0 unspecified atom stereocenters. The maximum atomic E-state index is 5.74. The van der Waals surface area contributed by atoms with Crippen molar-refractivity contribution >= 4 is 23.8 Å². The Morgan fingerprint density at radius 1 is 1.00 bits per heavy atom. The van der Waals surface area contributed by atoms with Gasteiger partial charge >= 0.3 is 0 Å². The van der Waals surface area contributed by atoms with Crippen molar-refractivity contribution in [3.63, 3.8) is 0 Å². The monoisotopic (exact) mass is 216 g/mol. The van der Waals surface area contributed by atoms with E-state index >= 15 is 0 Å². The predicted octanol–water partition coefficient (Wildman–Crippen LogP) is 3.30. The van der Waals surface area contributed by atoms with E-state index in [-0.39, 0.29) is 0 Å². The van der Waals surface area contributed by atoms with Crippen LogP contribution in [0.15, 0.2) is 42.6 Å². The van der Waals surface area contributed by atoms with Crippen LogP contribution in [0.5, 0.6) is 0 Å². The molecule has 0 spiro atoms. The van der Waals surface area contributed by atoms with Crippen LogP contribution in [0, 0.1) is 0 Å². The third-order valence-corrected chi connectivity index (χ3v) is 2.08. The first-order valence-electron chi connectivity index (χ1n) is 4.56. The lowest BCUT2D eigenvalue weighted by Gasteiger charge is -1.93. The molecule has 1 aromatic carbocycles. The van der Waals surface area contributed by atoms with Crippen molar-refractivity contribution < 1.29 is 0 Å². The molecule has 0 radical (unpaired) electrons. The van der Waals surface area contributed by atoms with Crippen molar-refractivity contribution in [3.8, 4) is 0 Å². The number of nitrogens with zero attached hydrogens (tertiary/aromatic N) is 2. The number of hydrogen-bond acceptors (Lipinski definition) is 2. The van der Waals surface area contributed by atoms with Crippen LogP contribution in [0.2, 0.25) is 5.15 Å². The molecule has 0 amide bonds. The van der Waals surface area contributed by atoms with Gasteiger partial charge in [0.05, 0.1) is 0 Å². The summed E-state index contributed by atoms with van der Waals surface area (Å²) in [5, 5.41) is 0.456. The molecule has 1 aromatic heterocycles. The lowest BCUT2D eigenvalue weighted by atomic mass is 10.2. The van der Waals surface area contributed by atoms with Gasteiger partial charge in [0.1, 0.15) is 5.15 Å². The highest BCUT2D eigenvalue weighted by molar-refractivity contribution is 6.29. The van der Waals surface area contributed by atoms with Crippen molar-refractivity contribution in [2.24, 2.45) is 0 Å². The van der Waals surface area contributed by atoms with Crippen LogP contribution in [0.25, 0.3) is 12.2 Å². The summed E-state index contributed by atoms with van der Waals surface area (Å²) >= 11 is 5.74. The van der Waals surface area contributed by atoms with Crippen LogP contribution in [0.3, 0.4) is 0 Å². The van der Waals surface area contributed by atoms with Crippen molar-refractivity contribution in [1.29, 1.82) is 0 Å². The smallest absolute Gasteiger partial charge is 0.153 e. The molecule has 0 saturated carbocycles. The zero-order chi connectivity index (χ0) is 10.5. The first-order valence-corrected chi connectivity index (χ1v) is 4.94. The second-order valence-electron chi connectivity index (χ2n) is 2.98. The molecule has 0 bridgehead atoms. The summed E-state index contributed by atoms with van der Waals surface area (Å²) in [5.74, 6) is 0.617. The summed E-state index contributed by atoms with van der Waals surface area (Å²) in [4.78, 5) is 8.13. The van der Waals surface area contributed by atoms with Crippen molar-refractivity contribution in [3.05, 3.63) is 59.1 Å². The number of hydrogen-bond donors (Lipinski definition) is 0. The molecule has 74 valence electrons. The number of aromatic nitrogens is 2. The first-order chi connectivity index (χ1) is 7.34. The molecule has 0 aliphatic rings. The molecule has 0 saturated heterocycles. The molecule has 1 heterocycles. The highest BCUT2D eigenvalue weighted by Gasteiger charge is 1.91. The Bertz CT molecular complexity index is 466. The minimum Gasteiger partial charge on any atom is -0.237 e. The molecule has 0 aliphatic heterocycles. The molecule has 0 atom stereocenters. The fourth-order valence-electron chi connectivity index (χ4n) is 1.17. The molecule has 3 heteroatoms. The maximum absolute atomic E-state index is 5.74. The van der Waals surface area contributed by atoms with Crippen LogP contribution in [-0.4, -0.2) is 9.97 Å². The summed E-state index contributed by atoms with van der Waals surface area (Å²) in [6, 6.07) is 11.6. The largest absolute Gasteiger partial charge is 0.237 e. The van der Waals surface area contributed by atoms with E-state index in [1.807, 2.05) is 42.5 Å². The van der Waals surface area contributed by atoms with Gasteiger partial charge in [-0.2, -0.15) is 0 Å². The molecular weight excluding hydrogens is 208 g/mol. The second kappa shape index (κ2) is 4.71. The zero-order valence-electron chi connectivity index (χ0n) is 7.97. The Balaban J connectivity index is 2.19. The Hall–Kier alpha value is -1.67. The van der Waals surface area contributed by atoms with Gasteiger partial charge in [-0.15, -0.1) is 0 Å². The lowest BCUT2D eigenvalue weighted by molar-refractivity contribution is 1.14. The molecule has 2 rings (SSSR count). The van der Waals surface area contributed by atoms with Gasteiger partial charge < -0.3 is 0 Å². The van der Waals surface area contributed by atoms with E-state index in [4.69, 9.17) is 11.6 Å². The van der Waals surface area contributed by atoms with E-state index < -0.39 is 0 Å². The zero-order valence-corrected chi connectivity index (χ0v) is 8.72. The highest BCUT2D eigenvalue weighted by Crippen LogP contribution is 2.06. The summed E-state index contributed by atoms with van der Waals surface area (Å²) in [7, 11) is 0. The van der Waals surface area contributed by atoms with Crippen molar-refractivity contribution in [2.75, 3.05) is 0 Å². The van der Waals surface area contributed by atoms with E-state index in [0.717, 1.165) is 5.56 Å². The molecule has 15 heavy (non-hydrogen) atoms. The highest BCUT2D eigenvalue weighted by atomic mass is 35.5. The van der Waals surface area contributed by atoms with Gasteiger partial charge in [-0.3, -0.25) is 0 Å². The van der Waals surface area contributed by atoms with Crippen LogP contribution >= 0.6 is 11.6 Å². The van der Waals surface area contributed by atoms with Crippen LogP contribution < -0.4 is 0 Å². The Kier molecular flexibility index (Phi) is 3.10. The van der Waals surface area contributed by atoms with E-state index in [0.29, 0.717) is 11.0 Å². The molecule has 0 N–H and O–H groups in total. The van der Waals surface area contributed by atoms with Crippen LogP contribution in [-0.2, 0) is 0 Å². The molecule has 2 aromatic rings. The van der Waals surface area contributed by atoms with Crippen LogP contribution in [0.4, 0.5) is 0 Å². The second-order valence-corrected chi connectivity index (χ2v) is 3.37. The fourth-order valence-corrected chi connectivity index (χ4v) is 1.31. The van der Waals surface area contributed by atoms with E-state index in [1.54, 1.807) is 12.3 Å². The average molecular weight is 217 g/mol. The fraction of sp³-hybridized carbons (Fsp3) is 0. The minimum absolute atomic E-state index is 0.456. The van der Waals surface area contributed by atoms with Crippen molar-refractivity contribution in [2.45, 2.75) is 0 Å². The predicted molar refractivity (Wildman–Crippen MR) is 62.4 cm³/mol.